The Morgan fingerprint density at radius 1 is 1.12 bits per heavy atom. The van der Waals surface area contributed by atoms with Crippen LogP contribution in [0.1, 0.15) is 44.6 Å². The monoisotopic (exact) mass is 217 g/mol. The number of nitrogens with two attached hydrogens (primary N) is 1. The number of rotatable bonds is 3. The third kappa shape index (κ3) is 2.65. The lowest BCUT2D eigenvalue weighted by atomic mass is 9.69. The van der Waals surface area contributed by atoms with Gasteiger partial charge < -0.3 is 5.73 Å². The lowest BCUT2D eigenvalue weighted by Crippen LogP contribution is -2.42. The van der Waals surface area contributed by atoms with E-state index in [1.165, 1.54) is 37.7 Å². The molecule has 0 heterocycles. The molecule has 1 atom stereocenters. The van der Waals surface area contributed by atoms with Crippen LogP contribution in [0.15, 0.2) is 30.3 Å². The Labute approximate surface area is 99.0 Å². The first-order chi connectivity index (χ1) is 7.71. The lowest BCUT2D eigenvalue weighted by molar-refractivity contribution is 0.169. The molecule has 0 radical (unpaired) electrons. The first-order valence-corrected chi connectivity index (χ1v) is 6.50. The molecule has 1 nitrogen and oxygen atoms in total. The molecule has 0 spiro atoms. The van der Waals surface area contributed by atoms with E-state index < -0.39 is 0 Å². The molecule has 1 aliphatic carbocycles. The van der Waals surface area contributed by atoms with Gasteiger partial charge in [0.05, 0.1) is 0 Å². The average Bonchev–Trinajstić information content (AvgIpc) is 2.31. The molecule has 1 aliphatic rings. The minimum atomic E-state index is 0.315. The third-order valence-electron chi connectivity index (χ3n) is 4.19. The zero-order valence-electron chi connectivity index (χ0n) is 10.3. The van der Waals surface area contributed by atoms with E-state index in [0.717, 1.165) is 6.42 Å². The van der Waals surface area contributed by atoms with E-state index in [4.69, 9.17) is 5.73 Å². The molecule has 0 saturated heterocycles. The Hall–Kier alpha value is -0.820. The lowest BCUT2D eigenvalue weighted by Gasteiger charge is -2.39. The van der Waals surface area contributed by atoms with Crippen LogP contribution >= 0.6 is 0 Å². The highest BCUT2D eigenvalue weighted by molar-refractivity contribution is 5.16. The second-order valence-corrected chi connectivity index (χ2v) is 5.51. The maximum Gasteiger partial charge on any atom is 0.0133 e. The van der Waals surface area contributed by atoms with Gasteiger partial charge in [0.1, 0.15) is 0 Å². The minimum absolute atomic E-state index is 0.315. The van der Waals surface area contributed by atoms with Crippen LogP contribution in [0.5, 0.6) is 0 Å². The standard InChI is InChI=1S/C15H23N/c1-15(10-6-3-7-11-15)14(16)12-13-8-4-2-5-9-13/h2,4-5,8-9,14H,3,6-7,10-12,16H2,1H3. The zero-order chi connectivity index (χ0) is 11.4. The summed E-state index contributed by atoms with van der Waals surface area (Å²) in [6.45, 7) is 2.37. The number of hydrogen-bond acceptors (Lipinski definition) is 1. The molecular weight excluding hydrogens is 194 g/mol. The van der Waals surface area contributed by atoms with Gasteiger partial charge in [-0.3, -0.25) is 0 Å². The summed E-state index contributed by atoms with van der Waals surface area (Å²) in [5.74, 6) is 0. The summed E-state index contributed by atoms with van der Waals surface area (Å²) in [6, 6.07) is 11.0. The van der Waals surface area contributed by atoms with Crippen molar-refractivity contribution in [2.75, 3.05) is 0 Å². The molecule has 1 aromatic carbocycles. The molecule has 2 N–H and O–H groups in total. The molecular formula is C15H23N. The highest BCUT2D eigenvalue weighted by atomic mass is 14.7. The summed E-state index contributed by atoms with van der Waals surface area (Å²) in [5, 5.41) is 0. The molecule has 1 unspecified atom stereocenters. The Morgan fingerprint density at radius 2 is 1.75 bits per heavy atom. The summed E-state index contributed by atoms with van der Waals surface area (Å²) < 4.78 is 0. The first-order valence-electron chi connectivity index (χ1n) is 6.50. The van der Waals surface area contributed by atoms with Gasteiger partial charge in [-0.2, -0.15) is 0 Å². The van der Waals surface area contributed by atoms with Crippen LogP contribution in [0.4, 0.5) is 0 Å². The van der Waals surface area contributed by atoms with Crippen molar-refractivity contribution in [2.45, 2.75) is 51.5 Å². The molecule has 0 aromatic heterocycles. The second-order valence-electron chi connectivity index (χ2n) is 5.51. The van der Waals surface area contributed by atoms with Gasteiger partial charge in [-0.05, 0) is 30.2 Å². The van der Waals surface area contributed by atoms with E-state index in [9.17, 15) is 0 Å². The largest absolute Gasteiger partial charge is 0.327 e. The van der Waals surface area contributed by atoms with E-state index in [1.54, 1.807) is 0 Å². The SMILES string of the molecule is CC1(C(N)Cc2ccccc2)CCCCC1. The van der Waals surface area contributed by atoms with E-state index in [2.05, 4.69) is 37.3 Å². The smallest absolute Gasteiger partial charge is 0.0133 e. The molecule has 0 amide bonds. The van der Waals surface area contributed by atoms with Crippen LogP contribution in [-0.4, -0.2) is 6.04 Å². The van der Waals surface area contributed by atoms with Crippen LogP contribution in [0.2, 0.25) is 0 Å². The van der Waals surface area contributed by atoms with Gasteiger partial charge in [0.15, 0.2) is 0 Å². The van der Waals surface area contributed by atoms with Crippen molar-refractivity contribution >= 4 is 0 Å². The van der Waals surface area contributed by atoms with Crippen LogP contribution < -0.4 is 5.73 Å². The molecule has 88 valence electrons. The molecule has 1 heteroatoms. The van der Waals surface area contributed by atoms with Gasteiger partial charge in [0, 0.05) is 6.04 Å². The van der Waals surface area contributed by atoms with Crippen LogP contribution in [-0.2, 0) is 6.42 Å². The van der Waals surface area contributed by atoms with E-state index in [0.29, 0.717) is 11.5 Å². The van der Waals surface area contributed by atoms with E-state index >= 15 is 0 Å². The Kier molecular flexibility index (Phi) is 3.65. The molecule has 1 saturated carbocycles. The molecule has 0 bridgehead atoms. The van der Waals surface area contributed by atoms with E-state index in [-0.39, 0.29) is 0 Å². The predicted octanol–water partition coefficient (Wildman–Crippen LogP) is 3.53. The van der Waals surface area contributed by atoms with E-state index in [1.807, 2.05) is 0 Å². The fraction of sp³-hybridized carbons (Fsp3) is 0.600. The van der Waals surface area contributed by atoms with Crippen molar-refractivity contribution in [3.05, 3.63) is 35.9 Å². The summed E-state index contributed by atoms with van der Waals surface area (Å²) in [7, 11) is 0. The summed E-state index contributed by atoms with van der Waals surface area (Å²) in [4.78, 5) is 0. The normalized spacial score (nSPS) is 21.6. The van der Waals surface area contributed by atoms with Gasteiger partial charge in [0.25, 0.3) is 0 Å². The number of hydrogen-bond donors (Lipinski definition) is 1. The van der Waals surface area contributed by atoms with Crippen LogP contribution in [0, 0.1) is 5.41 Å². The van der Waals surface area contributed by atoms with Crippen molar-refractivity contribution in [1.29, 1.82) is 0 Å². The molecule has 1 fully saturated rings. The number of benzene rings is 1. The third-order valence-corrected chi connectivity index (χ3v) is 4.19. The highest BCUT2D eigenvalue weighted by Gasteiger charge is 2.32. The summed E-state index contributed by atoms with van der Waals surface area (Å²) in [5.41, 5.74) is 8.16. The quantitative estimate of drug-likeness (QED) is 0.823. The van der Waals surface area contributed by atoms with Crippen molar-refractivity contribution < 1.29 is 0 Å². The van der Waals surface area contributed by atoms with Gasteiger partial charge in [-0.25, -0.2) is 0 Å². The van der Waals surface area contributed by atoms with Crippen molar-refractivity contribution in [1.82, 2.24) is 0 Å². The molecule has 16 heavy (non-hydrogen) atoms. The summed E-state index contributed by atoms with van der Waals surface area (Å²) >= 11 is 0. The highest BCUT2D eigenvalue weighted by Crippen LogP contribution is 2.38. The fourth-order valence-corrected chi connectivity index (χ4v) is 2.84. The molecule has 0 aliphatic heterocycles. The Bertz CT molecular complexity index is 311. The average molecular weight is 217 g/mol. The van der Waals surface area contributed by atoms with Crippen LogP contribution in [0.3, 0.4) is 0 Å². The van der Waals surface area contributed by atoms with Crippen molar-refractivity contribution in [2.24, 2.45) is 11.1 Å². The summed E-state index contributed by atoms with van der Waals surface area (Å²) in [6.07, 6.45) is 7.75. The maximum atomic E-state index is 6.41. The van der Waals surface area contributed by atoms with Gasteiger partial charge in [0.2, 0.25) is 0 Å². The topological polar surface area (TPSA) is 26.0 Å². The Morgan fingerprint density at radius 3 is 2.38 bits per heavy atom. The van der Waals surface area contributed by atoms with Gasteiger partial charge >= 0.3 is 0 Å². The predicted molar refractivity (Wildman–Crippen MR) is 69.3 cm³/mol. The molecule has 1 aromatic rings. The second kappa shape index (κ2) is 5.01. The van der Waals surface area contributed by atoms with Crippen molar-refractivity contribution in [3.8, 4) is 0 Å². The minimum Gasteiger partial charge on any atom is -0.327 e. The maximum absolute atomic E-state index is 6.41. The first kappa shape index (κ1) is 11.7. The molecule has 2 rings (SSSR count). The van der Waals surface area contributed by atoms with Crippen molar-refractivity contribution in [3.63, 3.8) is 0 Å². The van der Waals surface area contributed by atoms with Gasteiger partial charge in [-0.1, -0.05) is 56.5 Å². The Balaban J connectivity index is 1.99. The van der Waals surface area contributed by atoms with Crippen LogP contribution in [0.25, 0.3) is 0 Å². The fourth-order valence-electron chi connectivity index (χ4n) is 2.84. The zero-order valence-corrected chi connectivity index (χ0v) is 10.3. The van der Waals surface area contributed by atoms with Gasteiger partial charge in [-0.15, -0.1) is 0 Å².